The molecule has 0 saturated heterocycles. The number of rotatable bonds is 5. The van der Waals surface area contributed by atoms with E-state index in [9.17, 15) is 4.79 Å². The Kier molecular flexibility index (Phi) is 4.69. The van der Waals surface area contributed by atoms with E-state index in [2.05, 4.69) is 10.4 Å². The van der Waals surface area contributed by atoms with Crippen LogP contribution in [-0.4, -0.2) is 33.0 Å². The highest BCUT2D eigenvalue weighted by molar-refractivity contribution is 6.04. The van der Waals surface area contributed by atoms with Crippen LogP contribution in [0.4, 0.5) is 5.69 Å². The summed E-state index contributed by atoms with van der Waals surface area (Å²) in [7, 11) is 0. The number of fused-ring (bicyclic) bond motifs is 1. The zero-order chi connectivity index (χ0) is 20.3. The van der Waals surface area contributed by atoms with Gasteiger partial charge in [0.15, 0.2) is 17.6 Å². The molecule has 0 aliphatic carbocycles. The predicted octanol–water partition coefficient (Wildman–Crippen LogP) is 3.77. The van der Waals surface area contributed by atoms with E-state index >= 15 is 0 Å². The largest absolute Gasteiger partial charge is 0.486 e. The third kappa shape index (κ3) is 3.77. The van der Waals surface area contributed by atoms with Gasteiger partial charge in [0.2, 0.25) is 0 Å². The highest BCUT2D eigenvalue weighted by Crippen LogP contribution is 2.31. The van der Waals surface area contributed by atoms with Crippen LogP contribution in [0.5, 0.6) is 11.5 Å². The Labute approximate surface area is 173 Å². The van der Waals surface area contributed by atoms with Crippen LogP contribution in [0.2, 0.25) is 0 Å². The zero-order valence-corrected chi connectivity index (χ0v) is 16.1. The van der Waals surface area contributed by atoms with Gasteiger partial charge in [-0.2, -0.15) is 5.10 Å². The molecule has 4 aromatic rings. The second-order valence-corrected chi connectivity index (χ2v) is 7.04. The Hall–Kier alpha value is -4.00. The van der Waals surface area contributed by atoms with Crippen LogP contribution < -0.4 is 14.8 Å². The molecule has 0 radical (unpaired) electrons. The average molecular weight is 400 g/mol. The molecule has 1 unspecified atom stereocenters. The number of anilines is 1. The van der Waals surface area contributed by atoms with E-state index in [0.717, 1.165) is 17.2 Å². The average Bonchev–Trinajstić information content (AvgIpc) is 3.46. The molecule has 7 nitrogen and oxygen atoms in total. The van der Waals surface area contributed by atoms with Crippen LogP contribution in [0.3, 0.4) is 0 Å². The lowest BCUT2D eigenvalue weighted by atomic mass is 10.2. The van der Waals surface area contributed by atoms with Gasteiger partial charge in [0, 0.05) is 29.8 Å². The van der Waals surface area contributed by atoms with Crippen molar-refractivity contribution in [3.63, 3.8) is 0 Å². The molecule has 1 atom stereocenters. The van der Waals surface area contributed by atoms with E-state index < -0.39 is 0 Å². The standard InChI is InChI=1S/C23H20N4O3/c28-23(17-7-9-19(10-8-17)26-11-3-4-12-26)25-18-13-24-27(14-18)15-20-16-29-21-5-1-2-6-22(21)30-20/h1-14,20H,15-16H2,(H,25,28). The van der Waals surface area contributed by atoms with Gasteiger partial charge in [0.25, 0.3) is 5.91 Å². The van der Waals surface area contributed by atoms with E-state index in [1.807, 2.05) is 65.5 Å². The van der Waals surface area contributed by atoms with Crippen molar-refractivity contribution in [2.75, 3.05) is 11.9 Å². The number of nitrogens with one attached hydrogen (secondary N) is 1. The molecule has 1 aliphatic heterocycles. The first kappa shape index (κ1) is 18.1. The van der Waals surface area contributed by atoms with Crippen molar-refractivity contribution in [3.8, 4) is 17.2 Å². The molecular formula is C23H20N4O3. The minimum atomic E-state index is -0.181. The fourth-order valence-electron chi connectivity index (χ4n) is 3.38. The van der Waals surface area contributed by atoms with Gasteiger partial charge < -0.3 is 19.4 Å². The van der Waals surface area contributed by atoms with Crippen molar-refractivity contribution in [2.45, 2.75) is 12.6 Å². The van der Waals surface area contributed by atoms with Crippen LogP contribution in [0.15, 0.2) is 85.5 Å². The maximum atomic E-state index is 12.5. The van der Waals surface area contributed by atoms with Gasteiger partial charge in [0.1, 0.15) is 6.61 Å². The van der Waals surface area contributed by atoms with Gasteiger partial charge in [-0.15, -0.1) is 0 Å². The van der Waals surface area contributed by atoms with Crippen molar-refractivity contribution in [3.05, 3.63) is 91.0 Å². The topological polar surface area (TPSA) is 70.3 Å². The number of ether oxygens (including phenoxy) is 2. The van der Waals surface area contributed by atoms with Crippen LogP contribution in [0, 0.1) is 0 Å². The summed E-state index contributed by atoms with van der Waals surface area (Å²) >= 11 is 0. The van der Waals surface area contributed by atoms with E-state index in [1.54, 1.807) is 29.2 Å². The Morgan fingerprint density at radius 3 is 2.60 bits per heavy atom. The number of nitrogens with zero attached hydrogens (tertiary/aromatic N) is 3. The molecule has 0 fully saturated rings. The first-order valence-electron chi connectivity index (χ1n) is 9.70. The summed E-state index contributed by atoms with van der Waals surface area (Å²) in [6, 6.07) is 19.0. The Balaban J connectivity index is 1.20. The lowest BCUT2D eigenvalue weighted by Gasteiger charge is -2.26. The van der Waals surface area contributed by atoms with Crippen molar-refractivity contribution in [1.82, 2.24) is 14.3 Å². The number of amides is 1. The second-order valence-electron chi connectivity index (χ2n) is 7.04. The number of hydrogen-bond donors (Lipinski definition) is 1. The number of carbonyl (C=O) groups excluding carboxylic acids is 1. The summed E-state index contributed by atoms with van der Waals surface area (Å²) < 4.78 is 15.4. The molecule has 1 aliphatic rings. The molecule has 150 valence electrons. The number of hydrogen-bond acceptors (Lipinski definition) is 4. The van der Waals surface area contributed by atoms with Gasteiger partial charge in [-0.3, -0.25) is 9.48 Å². The molecule has 5 rings (SSSR count). The Morgan fingerprint density at radius 2 is 1.80 bits per heavy atom. The van der Waals surface area contributed by atoms with Gasteiger partial charge in [-0.05, 0) is 48.5 Å². The SMILES string of the molecule is O=C(Nc1cnn(CC2COc3ccccc3O2)c1)c1ccc(-n2cccc2)cc1. The van der Waals surface area contributed by atoms with Crippen molar-refractivity contribution < 1.29 is 14.3 Å². The summed E-state index contributed by atoms with van der Waals surface area (Å²) in [6.45, 7) is 0.974. The lowest BCUT2D eigenvalue weighted by Crippen LogP contribution is -2.33. The highest BCUT2D eigenvalue weighted by atomic mass is 16.6. The summed E-state index contributed by atoms with van der Waals surface area (Å²) in [4.78, 5) is 12.5. The van der Waals surface area contributed by atoms with Crippen LogP contribution in [0.25, 0.3) is 5.69 Å². The van der Waals surface area contributed by atoms with Crippen molar-refractivity contribution >= 4 is 11.6 Å². The molecule has 1 N–H and O–H groups in total. The fourth-order valence-corrected chi connectivity index (χ4v) is 3.38. The molecule has 2 aromatic carbocycles. The maximum absolute atomic E-state index is 12.5. The number of aromatic nitrogens is 3. The first-order valence-corrected chi connectivity index (χ1v) is 9.70. The van der Waals surface area contributed by atoms with Gasteiger partial charge in [-0.1, -0.05) is 12.1 Å². The third-order valence-corrected chi connectivity index (χ3v) is 4.88. The highest BCUT2D eigenvalue weighted by Gasteiger charge is 2.21. The van der Waals surface area contributed by atoms with E-state index in [-0.39, 0.29) is 12.0 Å². The summed E-state index contributed by atoms with van der Waals surface area (Å²) in [5, 5.41) is 7.21. The molecule has 2 aromatic heterocycles. The molecular weight excluding hydrogens is 380 g/mol. The zero-order valence-electron chi connectivity index (χ0n) is 16.1. The summed E-state index contributed by atoms with van der Waals surface area (Å²) in [6.07, 6.45) is 7.19. The Morgan fingerprint density at radius 1 is 1.03 bits per heavy atom. The van der Waals surface area contributed by atoms with E-state index in [4.69, 9.17) is 9.47 Å². The van der Waals surface area contributed by atoms with Crippen LogP contribution in [-0.2, 0) is 6.54 Å². The van der Waals surface area contributed by atoms with Gasteiger partial charge >= 0.3 is 0 Å². The van der Waals surface area contributed by atoms with Crippen molar-refractivity contribution in [2.24, 2.45) is 0 Å². The molecule has 0 saturated carbocycles. The monoisotopic (exact) mass is 400 g/mol. The Bertz CT molecular complexity index is 1150. The number of carbonyl (C=O) groups is 1. The minimum absolute atomic E-state index is 0.149. The molecule has 3 heterocycles. The first-order chi connectivity index (χ1) is 14.7. The predicted molar refractivity (Wildman–Crippen MR) is 112 cm³/mol. The molecule has 0 spiro atoms. The molecule has 30 heavy (non-hydrogen) atoms. The van der Waals surface area contributed by atoms with Crippen LogP contribution >= 0.6 is 0 Å². The minimum Gasteiger partial charge on any atom is -0.486 e. The molecule has 1 amide bonds. The maximum Gasteiger partial charge on any atom is 0.255 e. The van der Waals surface area contributed by atoms with Crippen LogP contribution in [0.1, 0.15) is 10.4 Å². The van der Waals surface area contributed by atoms with E-state index in [0.29, 0.717) is 24.4 Å². The lowest BCUT2D eigenvalue weighted by molar-refractivity contribution is 0.0759. The van der Waals surface area contributed by atoms with E-state index in [1.165, 1.54) is 0 Å². The van der Waals surface area contributed by atoms with Gasteiger partial charge in [0.05, 0.1) is 18.4 Å². The molecule has 0 bridgehead atoms. The second kappa shape index (κ2) is 7.79. The number of para-hydroxylation sites is 2. The normalized spacial score (nSPS) is 15.0. The summed E-state index contributed by atoms with van der Waals surface area (Å²) in [5.41, 5.74) is 2.21. The molecule has 7 heteroatoms. The quantitative estimate of drug-likeness (QED) is 0.554. The van der Waals surface area contributed by atoms with Gasteiger partial charge in [-0.25, -0.2) is 0 Å². The fraction of sp³-hybridized carbons (Fsp3) is 0.130. The van der Waals surface area contributed by atoms with Crippen molar-refractivity contribution in [1.29, 1.82) is 0 Å². The smallest absolute Gasteiger partial charge is 0.255 e. The summed E-state index contributed by atoms with van der Waals surface area (Å²) in [5.74, 6) is 1.31. The third-order valence-electron chi connectivity index (χ3n) is 4.88. The number of benzene rings is 2.